The van der Waals surface area contributed by atoms with Crippen LogP contribution in [0.5, 0.6) is 0 Å². The summed E-state index contributed by atoms with van der Waals surface area (Å²) in [6.45, 7) is 2.35. The van der Waals surface area contributed by atoms with Crippen LogP contribution >= 0.6 is 0 Å². The number of hydrogen-bond acceptors (Lipinski definition) is 8. The molecule has 0 spiro atoms. The van der Waals surface area contributed by atoms with E-state index in [4.69, 9.17) is 23.2 Å². The zero-order chi connectivity index (χ0) is 23.5. The molecule has 1 aromatic rings. The van der Waals surface area contributed by atoms with Crippen LogP contribution in [0.4, 0.5) is 14.5 Å². The van der Waals surface area contributed by atoms with E-state index in [2.05, 4.69) is 10.1 Å². The zero-order valence-corrected chi connectivity index (χ0v) is 18.9. The maximum Gasteiger partial charge on any atom is 0.265 e. The van der Waals surface area contributed by atoms with Crippen molar-refractivity contribution in [1.29, 1.82) is 0 Å². The second-order valence-corrected chi connectivity index (χ2v) is 8.70. The first-order chi connectivity index (χ1) is 15.1. The molecule has 9 nitrogen and oxygen atoms in total. The van der Waals surface area contributed by atoms with Gasteiger partial charge in [-0.2, -0.15) is 0 Å². The highest BCUT2D eigenvalue weighted by Gasteiger charge is 2.36. The highest BCUT2D eigenvalue weighted by Crippen LogP contribution is 2.33. The number of hydrazine groups is 2. The third kappa shape index (κ3) is 6.19. The average Bonchev–Trinajstić information content (AvgIpc) is 3.53. The third-order valence-corrected chi connectivity index (χ3v) is 5.79. The van der Waals surface area contributed by atoms with Gasteiger partial charge in [-0.25, -0.2) is 30.6 Å². The maximum absolute atomic E-state index is 13.9. The maximum atomic E-state index is 13.9. The van der Waals surface area contributed by atoms with Gasteiger partial charge in [0, 0.05) is 26.4 Å². The summed E-state index contributed by atoms with van der Waals surface area (Å²) in [6.07, 6.45) is 4.00. The fourth-order valence-electron chi connectivity index (χ4n) is 3.91. The number of rotatable bonds is 9. The van der Waals surface area contributed by atoms with Gasteiger partial charge >= 0.3 is 0 Å². The van der Waals surface area contributed by atoms with Crippen molar-refractivity contribution in [2.75, 3.05) is 31.6 Å². The van der Waals surface area contributed by atoms with E-state index < -0.39 is 5.92 Å². The molecule has 3 rings (SSSR count). The number of likely N-dealkylation sites (N-methyl/N-ethyl adjacent to an activating group) is 1. The number of halogens is 2. The van der Waals surface area contributed by atoms with E-state index in [1.165, 1.54) is 23.0 Å². The number of piperidine rings is 1. The van der Waals surface area contributed by atoms with Crippen molar-refractivity contribution in [3.63, 3.8) is 0 Å². The van der Waals surface area contributed by atoms with Crippen molar-refractivity contribution < 1.29 is 8.78 Å². The summed E-state index contributed by atoms with van der Waals surface area (Å²) < 4.78 is 27.8. The van der Waals surface area contributed by atoms with Crippen LogP contribution in [-0.4, -0.2) is 53.6 Å². The number of aromatic nitrogens is 1. The largest absolute Gasteiger partial charge is 0.395 e. The van der Waals surface area contributed by atoms with Crippen LogP contribution in [0.25, 0.3) is 5.70 Å². The van der Waals surface area contributed by atoms with E-state index in [0.717, 1.165) is 6.42 Å². The number of pyridine rings is 1. The molecule has 0 amide bonds. The van der Waals surface area contributed by atoms with Gasteiger partial charge in [0.2, 0.25) is 0 Å². The fraction of sp³-hybridized carbons (Fsp3) is 0.619. The molecule has 1 aromatic heterocycles. The van der Waals surface area contributed by atoms with Crippen LogP contribution < -0.4 is 28.1 Å². The number of hydrogen-bond donors (Lipinski definition) is 4. The van der Waals surface area contributed by atoms with Crippen LogP contribution in [0, 0.1) is 5.92 Å². The third-order valence-electron chi connectivity index (χ3n) is 5.79. The van der Waals surface area contributed by atoms with Crippen molar-refractivity contribution in [2.45, 2.75) is 51.4 Å². The molecule has 2 heterocycles. The molecule has 0 atom stereocenters. The highest BCUT2D eigenvalue weighted by molar-refractivity contribution is 5.80. The van der Waals surface area contributed by atoms with Crippen LogP contribution in [0.15, 0.2) is 22.9 Å². The monoisotopic (exact) mass is 451 g/mol. The number of amidine groups is 1. The van der Waals surface area contributed by atoms with Crippen molar-refractivity contribution in [3.8, 4) is 0 Å². The van der Waals surface area contributed by atoms with Gasteiger partial charge < -0.3 is 21.4 Å². The van der Waals surface area contributed by atoms with Crippen LogP contribution in [0.2, 0.25) is 0 Å². The molecule has 0 radical (unpaired) electrons. The quantitative estimate of drug-likeness (QED) is 0.192. The molecule has 1 aliphatic heterocycles. The number of alkyl halides is 2. The molecule has 11 heteroatoms. The molecule has 32 heavy (non-hydrogen) atoms. The molecule has 0 unspecified atom stereocenters. The van der Waals surface area contributed by atoms with Crippen molar-refractivity contribution in [2.24, 2.45) is 34.2 Å². The standard InChI is InChI=1S/C21H35F2N9/c1-3-15-17(31-10-4-9-21(22,23)13-31)8-7-16(28-15)20(25)18(30(2)26)12-32(27)29-19(24)11-14-5-6-14/h7-8,14H,3-6,9-13,25-27H2,1-2H3,(H2,24,29)/b20-18-. The molecule has 1 aliphatic carbocycles. The van der Waals surface area contributed by atoms with Gasteiger partial charge in [-0.15, -0.1) is 5.10 Å². The predicted octanol–water partition coefficient (Wildman–Crippen LogP) is 1.56. The summed E-state index contributed by atoms with van der Waals surface area (Å²) in [5, 5.41) is 6.80. The Labute approximate surface area is 188 Å². The lowest BCUT2D eigenvalue weighted by Gasteiger charge is -2.35. The van der Waals surface area contributed by atoms with E-state index in [1.807, 2.05) is 6.92 Å². The molecule has 1 saturated carbocycles. The van der Waals surface area contributed by atoms with Crippen LogP contribution in [0.1, 0.15) is 50.4 Å². The Balaban J connectivity index is 1.82. The molecular formula is C21H35F2N9. The van der Waals surface area contributed by atoms with E-state index in [-0.39, 0.29) is 19.5 Å². The van der Waals surface area contributed by atoms with E-state index >= 15 is 0 Å². The molecule has 8 N–H and O–H groups in total. The minimum atomic E-state index is -2.69. The number of aryl methyl sites for hydroxylation is 1. The van der Waals surface area contributed by atoms with Gasteiger partial charge in [-0.3, -0.25) is 0 Å². The normalized spacial score (nSPS) is 19.6. The molecule has 0 bridgehead atoms. The summed E-state index contributed by atoms with van der Waals surface area (Å²) in [6, 6.07) is 3.53. The molecule has 0 aromatic carbocycles. The smallest absolute Gasteiger partial charge is 0.265 e. The van der Waals surface area contributed by atoms with Crippen molar-refractivity contribution in [1.82, 2.24) is 15.1 Å². The van der Waals surface area contributed by atoms with Gasteiger partial charge in [-0.1, -0.05) is 6.92 Å². The molecule has 2 fully saturated rings. The van der Waals surface area contributed by atoms with Gasteiger partial charge in [0.05, 0.1) is 41.6 Å². The lowest BCUT2D eigenvalue weighted by Crippen LogP contribution is -2.43. The Morgan fingerprint density at radius 3 is 2.59 bits per heavy atom. The Bertz CT molecular complexity index is 865. The second kappa shape index (κ2) is 9.86. The lowest BCUT2D eigenvalue weighted by atomic mass is 10.1. The molecule has 2 aliphatic rings. The minimum absolute atomic E-state index is 0.0818. The topological polar surface area (TPSA) is 139 Å². The minimum Gasteiger partial charge on any atom is -0.395 e. The Hall–Kier alpha value is -2.66. The van der Waals surface area contributed by atoms with E-state index in [1.54, 1.807) is 24.1 Å². The number of anilines is 1. The van der Waals surface area contributed by atoms with Crippen molar-refractivity contribution >= 4 is 17.2 Å². The van der Waals surface area contributed by atoms with Gasteiger partial charge in [0.25, 0.3) is 5.92 Å². The SMILES string of the molecule is CCc1nc(/C(N)=C(\CN(N)/N=C(\N)CC2CC2)N(C)N)ccc1N1CCCC(F)(F)C1. The molecular weight excluding hydrogens is 416 g/mol. The first-order valence-corrected chi connectivity index (χ1v) is 11.0. The van der Waals surface area contributed by atoms with Gasteiger partial charge in [-0.05, 0) is 43.7 Å². The number of nitrogens with zero attached hydrogens (tertiary/aromatic N) is 5. The molecule has 178 valence electrons. The summed E-state index contributed by atoms with van der Waals surface area (Å²) in [5.74, 6) is 10.4. The van der Waals surface area contributed by atoms with Crippen LogP contribution in [0.3, 0.4) is 0 Å². The summed E-state index contributed by atoms with van der Waals surface area (Å²) in [5.41, 5.74) is 15.1. The van der Waals surface area contributed by atoms with Gasteiger partial charge in [0.1, 0.15) is 5.84 Å². The van der Waals surface area contributed by atoms with Gasteiger partial charge in [0.15, 0.2) is 0 Å². The second-order valence-electron chi connectivity index (χ2n) is 8.70. The fourth-order valence-corrected chi connectivity index (χ4v) is 3.91. The predicted molar refractivity (Wildman–Crippen MR) is 123 cm³/mol. The lowest BCUT2D eigenvalue weighted by molar-refractivity contribution is -0.0117. The molecule has 1 saturated heterocycles. The summed E-state index contributed by atoms with van der Waals surface area (Å²) >= 11 is 0. The first kappa shape index (κ1) is 24.0. The summed E-state index contributed by atoms with van der Waals surface area (Å²) in [4.78, 5) is 6.36. The van der Waals surface area contributed by atoms with E-state index in [0.29, 0.717) is 59.6 Å². The Morgan fingerprint density at radius 2 is 2.00 bits per heavy atom. The first-order valence-electron chi connectivity index (χ1n) is 11.0. The Kier molecular flexibility index (Phi) is 7.40. The average molecular weight is 452 g/mol. The number of nitrogens with two attached hydrogens (primary N) is 4. The van der Waals surface area contributed by atoms with Crippen molar-refractivity contribution in [3.05, 3.63) is 29.2 Å². The van der Waals surface area contributed by atoms with E-state index in [9.17, 15) is 8.78 Å². The van der Waals surface area contributed by atoms with Crippen LogP contribution in [-0.2, 0) is 6.42 Å². The highest BCUT2D eigenvalue weighted by atomic mass is 19.3. The Morgan fingerprint density at radius 1 is 1.28 bits per heavy atom. The zero-order valence-electron chi connectivity index (χ0n) is 18.9. The summed E-state index contributed by atoms with van der Waals surface area (Å²) in [7, 11) is 1.65. The number of hydrazone groups is 1.